The molecule has 0 unspecified atom stereocenters. The van der Waals surface area contributed by atoms with Crippen LogP contribution >= 0.6 is 0 Å². The summed E-state index contributed by atoms with van der Waals surface area (Å²) in [7, 11) is 0. The molecule has 0 bridgehead atoms. The lowest BCUT2D eigenvalue weighted by Gasteiger charge is -2.07. The molecule has 4 nitrogen and oxygen atoms in total. The number of nitrogens with zero attached hydrogens (tertiary/aromatic N) is 2. The van der Waals surface area contributed by atoms with Gasteiger partial charge in [0.25, 0.3) is 0 Å². The van der Waals surface area contributed by atoms with E-state index in [1.54, 1.807) is 0 Å². The third-order valence-electron chi connectivity index (χ3n) is 3.40. The molecule has 0 aliphatic heterocycles. The summed E-state index contributed by atoms with van der Waals surface area (Å²) in [5.74, 6) is 0.276. The Balaban J connectivity index is 2.22. The molecule has 0 aliphatic carbocycles. The number of carboxylic acid groups (broad SMARTS) is 1. The van der Waals surface area contributed by atoms with E-state index in [9.17, 15) is 4.79 Å². The number of hydrogen-bond acceptors (Lipinski definition) is 2. The number of unbranched alkanes of at least 4 members (excludes halogenated alkanes) is 1. The summed E-state index contributed by atoms with van der Waals surface area (Å²) < 4.78 is 2.19. The molecule has 0 atom stereocenters. The van der Waals surface area contributed by atoms with Gasteiger partial charge in [-0.15, -0.1) is 0 Å². The Morgan fingerprint density at radius 2 is 2.00 bits per heavy atom. The highest BCUT2D eigenvalue weighted by Crippen LogP contribution is 2.22. The minimum absolute atomic E-state index is 0.240. The maximum Gasteiger partial charge on any atom is 0.303 e. The Bertz CT molecular complexity index is 614. The van der Waals surface area contributed by atoms with Gasteiger partial charge in [0.1, 0.15) is 5.82 Å². The van der Waals surface area contributed by atoms with Crippen molar-refractivity contribution in [3.63, 3.8) is 0 Å². The Morgan fingerprint density at radius 1 is 1.26 bits per heavy atom. The van der Waals surface area contributed by atoms with Gasteiger partial charge in [-0.05, 0) is 50.8 Å². The van der Waals surface area contributed by atoms with E-state index in [1.807, 2.05) is 6.92 Å². The molecule has 102 valence electrons. The van der Waals surface area contributed by atoms with Crippen molar-refractivity contribution in [2.75, 3.05) is 0 Å². The molecule has 0 saturated carbocycles. The summed E-state index contributed by atoms with van der Waals surface area (Å²) in [6.45, 7) is 7.00. The zero-order chi connectivity index (χ0) is 14.0. The Kier molecular flexibility index (Phi) is 3.88. The van der Waals surface area contributed by atoms with Gasteiger partial charge in [-0.2, -0.15) is 0 Å². The minimum atomic E-state index is -0.723. The Morgan fingerprint density at radius 3 is 2.68 bits per heavy atom. The molecule has 2 rings (SSSR count). The molecule has 1 aromatic heterocycles. The molecule has 4 heteroatoms. The van der Waals surface area contributed by atoms with Crippen LogP contribution in [0.3, 0.4) is 0 Å². The molecule has 19 heavy (non-hydrogen) atoms. The van der Waals surface area contributed by atoms with E-state index in [0.717, 1.165) is 29.8 Å². The largest absolute Gasteiger partial charge is 0.481 e. The van der Waals surface area contributed by atoms with Crippen LogP contribution in [0, 0.1) is 20.8 Å². The number of aromatic nitrogens is 2. The topological polar surface area (TPSA) is 55.1 Å². The first-order valence-corrected chi connectivity index (χ1v) is 6.65. The Labute approximate surface area is 113 Å². The van der Waals surface area contributed by atoms with E-state index in [-0.39, 0.29) is 6.42 Å². The molecule has 2 aromatic rings. The van der Waals surface area contributed by atoms with Gasteiger partial charge in [0, 0.05) is 13.0 Å². The van der Waals surface area contributed by atoms with Crippen molar-refractivity contribution in [2.24, 2.45) is 0 Å². The lowest BCUT2D eigenvalue weighted by atomic mass is 10.1. The highest BCUT2D eigenvalue weighted by atomic mass is 16.4. The monoisotopic (exact) mass is 260 g/mol. The third kappa shape index (κ3) is 2.95. The number of carbonyl (C=O) groups is 1. The summed E-state index contributed by atoms with van der Waals surface area (Å²) in [5, 5.41) is 8.65. The number of fused-ring (bicyclic) bond motifs is 1. The second-order valence-corrected chi connectivity index (χ2v) is 5.11. The maximum atomic E-state index is 10.5. The van der Waals surface area contributed by atoms with Crippen molar-refractivity contribution in [1.29, 1.82) is 0 Å². The number of rotatable bonds is 5. The van der Waals surface area contributed by atoms with Crippen LogP contribution in [0.25, 0.3) is 11.0 Å². The normalized spacial score (nSPS) is 11.1. The summed E-state index contributed by atoms with van der Waals surface area (Å²) in [6, 6.07) is 4.29. The second kappa shape index (κ2) is 5.43. The van der Waals surface area contributed by atoms with Crippen molar-refractivity contribution < 1.29 is 9.90 Å². The molecule has 1 aromatic carbocycles. The molecular formula is C15H20N2O2. The molecule has 0 radical (unpaired) electrons. The van der Waals surface area contributed by atoms with E-state index in [2.05, 4.69) is 35.5 Å². The average Bonchev–Trinajstić information content (AvgIpc) is 2.62. The molecule has 0 amide bonds. The van der Waals surface area contributed by atoms with Crippen molar-refractivity contribution >= 4 is 17.0 Å². The predicted octanol–water partition coefficient (Wildman–Crippen LogP) is 3.22. The number of aliphatic carboxylic acids is 1. The van der Waals surface area contributed by atoms with Crippen molar-refractivity contribution in [2.45, 2.75) is 46.6 Å². The van der Waals surface area contributed by atoms with Crippen LogP contribution in [0.1, 0.15) is 36.2 Å². The molecule has 0 aliphatic rings. The summed E-state index contributed by atoms with van der Waals surface area (Å²) in [6.07, 6.45) is 1.81. The zero-order valence-corrected chi connectivity index (χ0v) is 11.7. The van der Waals surface area contributed by atoms with Crippen LogP contribution in [-0.4, -0.2) is 20.6 Å². The van der Waals surface area contributed by atoms with Crippen molar-refractivity contribution in [3.8, 4) is 0 Å². The molecule has 0 fully saturated rings. The second-order valence-electron chi connectivity index (χ2n) is 5.11. The zero-order valence-electron chi connectivity index (χ0n) is 11.7. The number of carboxylic acids is 1. The average molecular weight is 260 g/mol. The standard InChI is InChI=1S/C15H20N2O2/c1-10-8-11(2)15-13(9-10)17(12(3)16-15)7-5-4-6-14(18)19/h8-9H,4-7H2,1-3H3,(H,18,19). The van der Waals surface area contributed by atoms with Gasteiger partial charge in [0.15, 0.2) is 0 Å². The van der Waals surface area contributed by atoms with Crippen molar-refractivity contribution in [1.82, 2.24) is 9.55 Å². The first-order valence-electron chi connectivity index (χ1n) is 6.65. The Hall–Kier alpha value is -1.84. The van der Waals surface area contributed by atoms with E-state index in [0.29, 0.717) is 6.42 Å². The van der Waals surface area contributed by atoms with Crippen LogP contribution in [-0.2, 0) is 11.3 Å². The van der Waals surface area contributed by atoms with Gasteiger partial charge in [-0.3, -0.25) is 4.79 Å². The van der Waals surface area contributed by atoms with E-state index >= 15 is 0 Å². The van der Waals surface area contributed by atoms with Gasteiger partial charge in [0.2, 0.25) is 0 Å². The van der Waals surface area contributed by atoms with Crippen LogP contribution < -0.4 is 0 Å². The molecular weight excluding hydrogens is 240 g/mol. The SMILES string of the molecule is Cc1cc(C)c2nc(C)n(CCCCC(=O)O)c2c1. The lowest BCUT2D eigenvalue weighted by molar-refractivity contribution is -0.137. The number of imidazole rings is 1. The molecule has 0 spiro atoms. The first-order chi connectivity index (χ1) is 8.99. The predicted molar refractivity (Wildman–Crippen MR) is 75.4 cm³/mol. The van der Waals surface area contributed by atoms with Gasteiger partial charge >= 0.3 is 5.97 Å². The van der Waals surface area contributed by atoms with Crippen LogP contribution in [0.5, 0.6) is 0 Å². The van der Waals surface area contributed by atoms with Crippen LogP contribution in [0.4, 0.5) is 0 Å². The van der Waals surface area contributed by atoms with E-state index < -0.39 is 5.97 Å². The summed E-state index contributed by atoms with van der Waals surface area (Å²) >= 11 is 0. The van der Waals surface area contributed by atoms with Gasteiger partial charge in [-0.1, -0.05) is 6.07 Å². The number of benzene rings is 1. The van der Waals surface area contributed by atoms with Crippen LogP contribution in [0.2, 0.25) is 0 Å². The highest BCUT2D eigenvalue weighted by molar-refractivity contribution is 5.80. The smallest absolute Gasteiger partial charge is 0.303 e. The minimum Gasteiger partial charge on any atom is -0.481 e. The van der Waals surface area contributed by atoms with E-state index in [1.165, 1.54) is 11.1 Å². The molecule has 1 heterocycles. The first kappa shape index (κ1) is 13.6. The van der Waals surface area contributed by atoms with Gasteiger partial charge < -0.3 is 9.67 Å². The highest BCUT2D eigenvalue weighted by Gasteiger charge is 2.10. The summed E-state index contributed by atoms with van der Waals surface area (Å²) in [4.78, 5) is 15.1. The molecule has 1 N–H and O–H groups in total. The maximum absolute atomic E-state index is 10.5. The quantitative estimate of drug-likeness (QED) is 0.840. The fraction of sp³-hybridized carbons (Fsp3) is 0.467. The fourth-order valence-corrected chi connectivity index (χ4v) is 2.51. The van der Waals surface area contributed by atoms with E-state index in [4.69, 9.17) is 5.11 Å². The van der Waals surface area contributed by atoms with Gasteiger partial charge in [-0.25, -0.2) is 4.98 Å². The lowest BCUT2D eigenvalue weighted by Crippen LogP contribution is -2.02. The van der Waals surface area contributed by atoms with Crippen molar-refractivity contribution in [3.05, 3.63) is 29.1 Å². The number of aryl methyl sites for hydroxylation is 4. The van der Waals surface area contributed by atoms with Crippen LogP contribution in [0.15, 0.2) is 12.1 Å². The summed E-state index contributed by atoms with van der Waals surface area (Å²) in [5.41, 5.74) is 4.64. The van der Waals surface area contributed by atoms with Gasteiger partial charge in [0.05, 0.1) is 11.0 Å². The fourth-order valence-electron chi connectivity index (χ4n) is 2.51. The molecule has 0 saturated heterocycles. The number of hydrogen-bond donors (Lipinski definition) is 1. The third-order valence-corrected chi connectivity index (χ3v) is 3.40.